The quantitative estimate of drug-likeness (QED) is 0.751. The van der Waals surface area contributed by atoms with Gasteiger partial charge in [0.2, 0.25) is 5.91 Å². The van der Waals surface area contributed by atoms with Gasteiger partial charge in [0.25, 0.3) is 5.91 Å². The van der Waals surface area contributed by atoms with Crippen LogP contribution >= 0.6 is 0 Å². The lowest BCUT2D eigenvalue weighted by atomic mass is 9.93. The van der Waals surface area contributed by atoms with E-state index in [9.17, 15) is 9.59 Å². The van der Waals surface area contributed by atoms with Crippen molar-refractivity contribution in [2.24, 2.45) is 11.8 Å². The molecule has 0 unspecified atom stereocenters. The zero-order valence-electron chi connectivity index (χ0n) is 17.5. The van der Waals surface area contributed by atoms with Gasteiger partial charge in [-0.25, -0.2) is 9.97 Å². The fourth-order valence-corrected chi connectivity index (χ4v) is 4.48. The lowest BCUT2D eigenvalue weighted by Gasteiger charge is -2.32. The molecule has 0 N–H and O–H groups in total. The maximum Gasteiger partial charge on any atom is 0.255 e. The summed E-state index contributed by atoms with van der Waals surface area (Å²) in [6, 6.07) is 1.87. The van der Waals surface area contributed by atoms with Gasteiger partial charge in [0.05, 0.1) is 11.9 Å². The van der Waals surface area contributed by atoms with Crippen LogP contribution in [0.1, 0.15) is 56.3 Å². The van der Waals surface area contributed by atoms with Crippen LogP contribution in [-0.4, -0.2) is 62.3 Å². The largest absolute Gasteiger partial charge is 0.343 e. The molecule has 4 heterocycles. The molecule has 0 aromatic carbocycles. The summed E-state index contributed by atoms with van der Waals surface area (Å²) in [6.07, 6.45) is 8.27. The van der Waals surface area contributed by atoms with E-state index in [1.165, 1.54) is 0 Å². The molecule has 4 rings (SSSR count). The maximum absolute atomic E-state index is 12.9. The van der Waals surface area contributed by atoms with Crippen LogP contribution in [0.4, 0.5) is 0 Å². The van der Waals surface area contributed by atoms with Crippen LogP contribution in [0.3, 0.4) is 0 Å². The van der Waals surface area contributed by atoms with Gasteiger partial charge in [0, 0.05) is 45.3 Å². The van der Waals surface area contributed by atoms with E-state index in [4.69, 9.17) is 0 Å². The van der Waals surface area contributed by atoms with Crippen LogP contribution < -0.4 is 0 Å². The van der Waals surface area contributed by atoms with Crippen LogP contribution in [-0.2, 0) is 11.3 Å². The Bertz CT molecular complexity index is 882. The molecule has 0 spiro atoms. The van der Waals surface area contributed by atoms with Crippen molar-refractivity contribution in [3.63, 3.8) is 0 Å². The van der Waals surface area contributed by atoms with Crippen molar-refractivity contribution >= 4 is 23.0 Å². The number of rotatable bonds is 6. The molecule has 0 bridgehead atoms. The SMILES string of the molecule is CC(C)Cn1cnc2cc(C(=O)N3CCC(CCN4CCCC4=O)CC3)cnc21. The van der Waals surface area contributed by atoms with E-state index in [-0.39, 0.29) is 5.91 Å². The average molecular weight is 398 g/mol. The van der Waals surface area contributed by atoms with E-state index in [2.05, 4.69) is 23.8 Å². The van der Waals surface area contributed by atoms with E-state index >= 15 is 0 Å². The second kappa shape index (κ2) is 8.51. The van der Waals surface area contributed by atoms with Crippen LogP contribution in [0.25, 0.3) is 11.2 Å². The molecule has 7 nitrogen and oxygen atoms in total. The maximum atomic E-state index is 12.9. The number of likely N-dealkylation sites (tertiary alicyclic amines) is 2. The minimum Gasteiger partial charge on any atom is -0.343 e. The molecule has 0 saturated carbocycles. The number of carbonyl (C=O) groups excluding carboxylic acids is 2. The molecule has 2 aromatic heterocycles. The number of piperidine rings is 1. The van der Waals surface area contributed by atoms with E-state index in [1.54, 1.807) is 6.20 Å². The van der Waals surface area contributed by atoms with Gasteiger partial charge in [0.1, 0.15) is 5.52 Å². The molecule has 2 aliphatic heterocycles. The summed E-state index contributed by atoms with van der Waals surface area (Å²) in [4.78, 5) is 37.6. The normalized spacial score (nSPS) is 18.4. The van der Waals surface area contributed by atoms with Gasteiger partial charge in [0.15, 0.2) is 5.65 Å². The molecule has 156 valence electrons. The third kappa shape index (κ3) is 4.43. The molecule has 0 radical (unpaired) electrons. The topological polar surface area (TPSA) is 71.3 Å². The van der Waals surface area contributed by atoms with E-state index < -0.39 is 0 Å². The van der Waals surface area contributed by atoms with Crippen LogP contribution in [0.5, 0.6) is 0 Å². The van der Waals surface area contributed by atoms with Gasteiger partial charge in [-0.1, -0.05) is 13.8 Å². The second-order valence-electron chi connectivity index (χ2n) is 8.87. The first-order valence-electron chi connectivity index (χ1n) is 10.9. The number of carbonyl (C=O) groups is 2. The van der Waals surface area contributed by atoms with Crippen LogP contribution in [0.15, 0.2) is 18.6 Å². The standard InChI is InChI=1S/C22H31N5O2/c1-16(2)14-27-15-24-19-12-18(13-23-21(19)27)22(29)26-10-6-17(7-11-26)5-9-25-8-3-4-20(25)28/h12-13,15-17H,3-11,14H2,1-2H3. The first kappa shape index (κ1) is 19.9. The summed E-state index contributed by atoms with van der Waals surface area (Å²) in [5.74, 6) is 1.46. The smallest absolute Gasteiger partial charge is 0.255 e. The molecule has 2 amide bonds. The number of fused-ring (bicyclic) bond motifs is 1. The average Bonchev–Trinajstić information content (AvgIpc) is 3.31. The number of nitrogens with zero attached hydrogens (tertiary/aromatic N) is 5. The predicted molar refractivity (Wildman–Crippen MR) is 111 cm³/mol. The number of hydrogen-bond acceptors (Lipinski definition) is 4. The highest BCUT2D eigenvalue weighted by atomic mass is 16.2. The van der Waals surface area contributed by atoms with Gasteiger partial charge >= 0.3 is 0 Å². The van der Waals surface area contributed by atoms with Crippen molar-refractivity contribution in [3.8, 4) is 0 Å². The highest BCUT2D eigenvalue weighted by Gasteiger charge is 2.26. The monoisotopic (exact) mass is 397 g/mol. The van der Waals surface area contributed by atoms with Gasteiger partial charge in [-0.15, -0.1) is 0 Å². The number of imidazole rings is 1. The number of pyridine rings is 1. The van der Waals surface area contributed by atoms with Crippen LogP contribution in [0.2, 0.25) is 0 Å². The zero-order chi connectivity index (χ0) is 20.4. The van der Waals surface area contributed by atoms with Gasteiger partial charge in [-0.2, -0.15) is 0 Å². The second-order valence-corrected chi connectivity index (χ2v) is 8.87. The summed E-state index contributed by atoms with van der Waals surface area (Å²) in [5.41, 5.74) is 2.24. The van der Waals surface area contributed by atoms with E-state index in [0.29, 0.717) is 29.7 Å². The zero-order valence-corrected chi connectivity index (χ0v) is 17.5. The number of amides is 2. The lowest BCUT2D eigenvalue weighted by Crippen LogP contribution is -2.39. The van der Waals surface area contributed by atoms with Crippen molar-refractivity contribution in [1.82, 2.24) is 24.3 Å². The molecular formula is C22H31N5O2. The summed E-state index contributed by atoms with van der Waals surface area (Å²) >= 11 is 0. The minimum absolute atomic E-state index is 0.0472. The van der Waals surface area contributed by atoms with Crippen LogP contribution in [0, 0.1) is 11.8 Å². The van der Waals surface area contributed by atoms with Crippen molar-refractivity contribution in [2.45, 2.75) is 52.5 Å². The Hall–Kier alpha value is -2.44. The number of hydrogen-bond donors (Lipinski definition) is 0. The third-order valence-electron chi connectivity index (χ3n) is 6.14. The molecule has 2 aromatic rings. The van der Waals surface area contributed by atoms with Gasteiger partial charge in [-0.3, -0.25) is 9.59 Å². The Morgan fingerprint density at radius 2 is 2.00 bits per heavy atom. The Morgan fingerprint density at radius 3 is 2.69 bits per heavy atom. The Labute approximate surface area is 172 Å². The molecule has 29 heavy (non-hydrogen) atoms. The molecular weight excluding hydrogens is 366 g/mol. The molecule has 0 atom stereocenters. The Kier molecular flexibility index (Phi) is 5.83. The van der Waals surface area contributed by atoms with Gasteiger partial charge < -0.3 is 14.4 Å². The first-order chi connectivity index (χ1) is 14.0. The van der Waals surface area contributed by atoms with Gasteiger partial charge in [-0.05, 0) is 43.6 Å². The summed E-state index contributed by atoms with van der Waals surface area (Å²) in [5, 5.41) is 0. The molecule has 2 aliphatic rings. The highest BCUT2D eigenvalue weighted by Crippen LogP contribution is 2.24. The Morgan fingerprint density at radius 1 is 1.21 bits per heavy atom. The first-order valence-corrected chi connectivity index (χ1v) is 10.9. The predicted octanol–water partition coefficient (Wildman–Crippen LogP) is 2.95. The van der Waals surface area contributed by atoms with Crippen molar-refractivity contribution < 1.29 is 9.59 Å². The fourth-order valence-electron chi connectivity index (χ4n) is 4.48. The van der Waals surface area contributed by atoms with Crippen molar-refractivity contribution in [1.29, 1.82) is 0 Å². The minimum atomic E-state index is 0.0472. The molecule has 2 saturated heterocycles. The fraction of sp³-hybridized carbons (Fsp3) is 0.636. The molecule has 2 fully saturated rings. The summed E-state index contributed by atoms with van der Waals surface area (Å²) < 4.78 is 2.05. The van der Waals surface area contributed by atoms with E-state index in [1.807, 2.05) is 26.8 Å². The summed E-state index contributed by atoms with van der Waals surface area (Å²) in [7, 11) is 0. The molecule has 7 heteroatoms. The Balaban J connectivity index is 1.32. The molecule has 0 aliphatic carbocycles. The summed E-state index contributed by atoms with van der Waals surface area (Å²) in [6.45, 7) is 8.53. The van der Waals surface area contributed by atoms with E-state index in [0.717, 1.165) is 69.6 Å². The number of aromatic nitrogens is 3. The van der Waals surface area contributed by atoms with Crippen molar-refractivity contribution in [3.05, 3.63) is 24.2 Å². The van der Waals surface area contributed by atoms with Crippen molar-refractivity contribution in [2.75, 3.05) is 26.2 Å². The third-order valence-corrected chi connectivity index (χ3v) is 6.14. The lowest BCUT2D eigenvalue weighted by molar-refractivity contribution is -0.127. The highest BCUT2D eigenvalue weighted by molar-refractivity contribution is 5.96.